The standard InChI is InChI=1S/C17H13BrN4O/c18-12-6-8-14(9-7-12)22-17(23)15-10-20-16(11-19-15)21-13-4-2-1-3-5-13/h1-11H,(H,20,21)(H,22,23). The molecule has 0 aliphatic carbocycles. The maximum absolute atomic E-state index is 12.1. The Balaban J connectivity index is 1.66. The van der Waals surface area contributed by atoms with Gasteiger partial charge in [0.05, 0.1) is 12.4 Å². The van der Waals surface area contributed by atoms with Crippen molar-refractivity contribution in [2.24, 2.45) is 0 Å². The summed E-state index contributed by atoms with van der Waals surface area (Å²) in [7, 11) is 0. The Morgan fingerprint density at radius 1 is 0.870 bits per heavy atom. The van der Waals surface area contributed by atoms with E-state index in [1.807, 2.05) is 42.5 Å². The average Bonchev–Trinajstić information content (AvgIpc) is 2.58. The third kappa shape index (κ3) is 4.14. The Bertz CT molecular complexity index is 789. The van der Waals surface area contributed by atoms with Crippen LogP contribution in [0.2, 0.25) is 0 Å². The molecule has 3 aromatic rings. The van der Waals surface area contributed by atoms with Gasteiger partial charge in [0.2, 0.25) is 0 Å². The summed E-state index contributed by atoms with van der Waals surface area (Å²) in [6, 6.07) is 17.0. The van der Waals surface area contributed by atoms with Crippen LogP contribution in [0, 0.1) is 0 Å². The minimum Gasteiger partial charge on any atom is -0.339 e. The van der Waals surface area contributed by atoms with Crippen LogP contribution in [-0.4, -0.2) is 15.9 Å². The minimum absolute atomic E-state index is 0.256. The van der Waals surface area contributed by atoms with Crippen molar-refractivity contribution in [2.75, 3.05) is 10.6 Å². The number of benzene rings is 2. The van der Waals surface area contributed by atoms with Gasteiger partial charge in [-0.25, -0.2) is 9.97 Å². The summed E-state index contributed by atoms with van der Waals surface area (Å²) in [6.07, 6.45) is 2.98. The van der Waals surface area contributed by atoms with Crippen LogP contribution in [0.15, 0.2) is 71.5 Å². The molecule has 5 nitrogen and oxygen atoms in total. The van der Waals surface area contributed by atoms with Gasteiger partial charge in [0.1, 0.15) is 11.5 Å². The predicted molar refractivity (Wildman–Crippen MR) is 93.9 cm³/mol. The zero-order valence-electron chi connectivity index (χ0n) is 12.0. The fourth-order valence-electron chi connectivity index (χ4n) is 1.91. The maximum Gasteiger partial charge on any atom is 0.275 e. The summed E-state index contributed by atoms with van der Waals surface area (Å²) >= 11 is 3.35. The van der Waals surface area contributed by atoms with Crippen LogP contribution in [0.25, 0.3) is 0 Å². The molecule has 0 spiro atoms. The lowest BCUT2D eigenvalue weighted by Gasteiger charge is -2.07. The third-order valence-electron chi connectivity index (χ3n) is 3.03. The first-order chi connectivity index (χ1) is 11.2. The van der Waals surface area contributed by atoms with E-state index >= 15 is 0 Å². The van der Waals surface area contributed by atoms with Crippen molar-refractivity contribution < 1.29 is 4.79 Å². The van der Waals surface area contributed by atoms with E-state index in [2.05, 4.69) is 36.5 Å². The van der Waals surface area contributed by atoms with Crippen molar-refractivity contribution in [1.29, 1.82) is 0 Å². The molecule has 0 saturated carbocycles. The lowest BCUT2D eigenvalue weighted by atomic mass is 10.3. The predicted octanol–water partition coefficient (Wildman–Crippen LogP) is 4.24. The molecule has 6 heteroatoms. The Morgan fingerprint density at radius 2 is 1.61 bits per heavy atom. The van der Waals surface area contributed by atoms with E-state index in [1.165, 1.54) is 12.4 Å². The molecule has 114 valence electrons. The second kappa shape index (κ2) is 7.02. The van der Waals surface area contributed by atoms with Gasteiger partial charge in [-0.1, -0.05) is 34.1 Å². The van der Waals surface area contributed by atoms with E-state index in [0.29, 0.717) is 11.5 Å². The van der Waals surface area contributed by atoms with Crippen LogP contribution < -0.4 is 10.6 Å². The van der Waals surface area contributed by atoms with Gasteiger partial charge >= 0.3 is 0 Å². The highest BCUT2D eigenvalue weighted by atomic mass is 79.9. The quantitative estimate of drug-likeness (QED) is 0.722. The number of carbonyl (C=O) groups is 1. The maximum atomic E-state index is 12.1. The van der Waals surface area contributed by atoms with Gasteiger partial charge in [-0.3, -0.25) is 4.79 Å². The topological polar surface area (TPSA) is 66.9 Å². The molecule has 2 aromatic carbocycles. The fourth-order valence-corrected chi connectivity index (χ4v) is 2.17. The normalized spacial score (nSPS) is 10.1. The van der Waals surface area contributed by atoms with E-state index in [1.54, 1.807) is 12.1 Å². The number of anilines is 3. The summed E-state index contributed by atoms with van der Waals surface area (Å²) < 4.78 is 0.951. The molecule has 23 heavy (non-hydrogen) atoms. The monoisotopic (exact) mass is 368 g/mol. The Hall–Kier alpha value is -2.73. The molecule has 0 bridgehead atoms. The number of amides is 1. The number of aromatic nitrogens is 2. The summed E-state index contributed by atoms with van der Waals surface area (Å²) in [6.45, 7) is 0. The van der Waals surface area contributed by atoms with Crippen molar-refractivity contribution in [1.82, 2.24) is 9.97 Å². The van der Waals surface area contributed by atoms with Gasteiger partial charge in [-0.2, -0.15) is 0 Å². The van der Waals surface area contributed by atoms with Crippen molar-refractivity contribution in [3.63, 3.8) is 0 Å². The van der Waals surface area contributed by atoms with Crippen molar-refractivity contribution in [3.8, 4) is 0 Å². The number of rotatable bonds is 4. The van der Waals surface area contributed by atoms with E-state index in [4.69, 9.17) is 0 Å². The summed E-state index contributed by atoms with van der Waals surface area (Å²) in [5.41, 5.74) is 1.87. The van der Waals surface area contributed by atoms with Gasteiger partial charge in [0.25, 0.3) is 5.91 Å². The third-order valence-corrected chi connectivity index (χ3v) is 3.56. The molecule has 2 N–H and O–H groups in total. The second-order valence-corrected chi connectivity index (χ2v) is 5.65. The Kier molecular flexibility index (Phi) is 4.63. The summed E-state index contributed by atoms with van der Waals surface area (Å²) in [5.74, 6) is 0.280. The number of carbonyl (C=O) groups excluding carboxylic acids is 1. The molecule has 0 aliphatic heterocycles. The highest BCUT2D eigenvalue weighted by molar-refractivity contribution is 9.10. The Labute approximate surface area is 141 Å². The van der Waals surface area contributed by atoms with E-state index in [9.17, 15) is 4.79 Å². The highest BCUT2D eigenvalue weighted by Gasteiger charge is 2.08. The van der Waals surface area contributed by atoms with Crippen LogP contribution in [0.3, 0.4) is 0 Å². The second-order valence-electron chi connectivity index (χ2n) is 4.74. The number of nitrogens with zero attached hydrogens (tertiary/aromatic N) is 2. The van der Waals surface area contributed by atoms with E-state index in [-0.39, 0.29) is 11.6 Å². The number of hydrogen-bond acceptors (Lipinski definition) is 4. The SMILES string of the molecule is O=C(Nc1ccc(Br)cc1)c1cnc(Nc2ccccc2)cn1. The van der Waals surface area contributed by atoms with Gasteiger partial charge in [0, 0.05) is 15.8 Å². The molecule has 1 amide bonds. The number of nitrogens with one attached hydrogen (secondary N) is 2. The number of halogens is 1. The molecule has 0 unspecified atom stereocenters. The molecule has 0 atom stereocenters. The molecule has 0 fully saturated rings. The lowest BCUT2D eigenvalue weighted by molar-refractivity contribution is 0.102. The van der Waals surface area contributed by atoms with Crippen LogP contribution in [0.1, 0.15) is 10.5 Å². The number of para-hydroxylation sites is 1. The zero-order valence-corrected chi connectivity index (χ0v) is 13.6. The van der Waals surface area contributed by atoms with Crippen LogP contribution >= 0.6 is 15.9 Å². The van der Waals surface area contributed by atoms with Gasteiger partial charge < -0.3 is 10.6 Å². The molecule has 1 aromatic heterocycles. The van der Waals surface area contributed by atoms with Crippen LogP contribution in [0.5, 0.6) is 0 Å². The van der Waals surface area contributed by atoms with Crippen molar-refractivity contribution >= 4 is 39.0 Å². The molecule has 1 heterocycles. The number of hydrogen-bond donors (Lipinski definition) is 2. The van der Waals surface area contributed by atoms with Crippen LogP contribution in [-0.2, 0) is 0 Å². The first-order valence-corrected chi connectivity index (χ1v) is 7.71. The van der Waals surface area contributed by atoms with Gasteiger partial charge in [0.15, 0.2) is 0 Å². The van der Waals surface area contributed by atoms with E-state index in [0.717, 1.165) is 10.2 Å². The molecule has 0 radical (unpaired) electrons. The average molecular weight is 369 g/mol. The largest absolute Gasteiger partial charge is 0.339 e. The first kappa shape index (κ1) is 15.2. The van der Waals surface area contributed by atoms with E-state index < -0.39 is 0 Å². The summed E-state index contributed by atoms with van der Waals surface area (Å²) in [5, 5.41) is 5.89. The smallest absolute Gasteiger partial charge is 0.275 e. The molecular formula is C17H13BrN4O. The Morgan fingerprint density at radius 3 is 2.26 bits per heavy atom. The first-order valence-electron chi connectivity index (χ1n) is 6.92. The van der Waals surface area contributed by atoms with Gasteiger partial charge in [-0.05, 0) is 36.4 Å². The highest BCUT2D eigenvalue weighted by Crippen LogP contribution is 2.15. The molecule has 0 saturated heterocycles. The lowest BCUT2D eigenvalue weighted by Crippen LogP contribution is -2.14. The molecule has 0 aliphatic rings. The zero-order chi connectivity index (χ0) is 16.1. The molecule has 3 rings (SSSR count). The van der Waals surface area contributed by atoms with Crippen molar-refractivity contribution in [2.45, 2.75) is 0 Å². The minimum atomic E-state index is -0.300. The molecular weight excluding hydrogens is 356 g/mol. The fraction of sp³-hybridized carbons (Fsp3) is 0. The van der Waals surface area contributed by atoms with Gasteiger partial charge in [-0.15, -0.1) is 0 Å². The van der Waals surface area contributed by atoms with Crippen LogP contribution in [0.4, 0.5) is 17.2 Å². The van der Waals surface area contributed by atoms with Crippen molar-refractivity contribution in [3.05, 3.63) is 77.2 Å². The summed E-state index contributed by atoms with van der Waals surface area (Å²) in [4.78, 5) is 20.5.